The van der Waals surface area contributed by atoms with Crippen LogP contribution in [0.2, 0.25) is 0 Å². The Balaban J connectivity index is 2.09. The van der Waals surface area contributed by atoms with Crippen molar-refractivity contribution in [2.24, 2.45) is 0 Å². The topological polar surface area (TPSA) is 28.4 Å². The second-order valence-electron chi connectivity index (χ2n) is 5.15. The van der Waals surface area contributed by atoms with Crippen molar-refractivity contribution in [3.63, 3.8) is 0 Å². The van der Waals surface area contributed by atoms with Crippen molar-refractivity contribution in [2.75, 3.05) is 11.9 Å². The van der Waals surface area contributed by atoms with Gasteiger partial charge in [-0.1, -0.05) is 32.0 Å². The molecular weight excluding hydrogens is 236 g/mol. The van der Waals surface area contributed by atoms with Gasteiger partial charge in [0.1, 0.15) is 0 Å². The van der Waals surface area contributed by atoms with E-state index in [4.69, 9.17) is 4.42 Å². The van der Waals surface area contributed by atoms with Crippen molar-refractivity contribution in [3.8, 4) is 0 Å². The van der Waals surface area contributed by atoms with Crippen LogP contribution >= 0.6 is 0 Å². The van der Waals surface area contributed by atoms with Gasteiger partial charge >= 0.3 is 0 Å². The molecule has 1 aromatic carbocycles. The highest BCUT2D eigenvalue weighted by Gasteiger charge is 2.08. The van der Waals surface area contributed by atoms with Crippen LogP contribution in [0.15, 0.2) is 47.3 Å². The third-order valence-electron chi connectivity index (χ3n) is 3.10. The van der Waals surface area contributed by atoms with Crippen LogP contribution in [0.3, 0.4) is 0 Å². The van der Waals surface area contributed by atoms with E-state index in [1.54, 1.807) is 12.5 Å². The number of hydrogen-bond donors (Lipinski definition) is 1. The molecule has 19 heavy (non-hydrogen) atoms. The largest absolute Gasteiger partial charge is 0.472 e. The minimum Gasteiger partial charge on any atom is -0.472 e. The lowest BCUT2D eigenvalue weighted by molar-refractivity contribution is 0.563. The Hall–Kier alpha value is -1.74. The van der Waals surface area contributed by atoms with Crippen LogP contribution in [-0.4, -0.2) is 13.1 Å². The quantitative estimate of drug-likeness (QED) is 0.860. The molecule has 0 amide bonds. The zero-order valence-electron chi connectivity index (χ0n) is 11.9. The molecule has 1 N–H and O–H groups in total. The van der Waals surface area contributed by atoms with Crippen LogP contribution in [-0.2, 0) is 13.1 Å². The smallest absolute Gasteiger partial charge is 0.0952 e. The molecule has 2 rings (SSSR count). The Kier molecular flexibility index (Phi) is 4.63. The van der Waals surface area contributed by atoms with Crippen molar-refractivity contribution >= 4 is 5.69 Å². The molecule has 0 aliphatic rings. The summed E-state index contributed by atoms with van der Waals surface area (Å²) in [5.74, 6) is 0. The Labute approximate surface area is 115 Å². The number of benzene rings is 1. The molecule has 0 radical (unpaired) electrons. The number of furan rings is 1. The molecule has 0 fully saturated rings. The van der Waals surface area contributed by atoms with Gasteiger partial charge in [0.05, 0.1) is 12.5 Å². The van der Waals surface area contributed by atoms with E-state index in [2.05, 4.69) is 55.4 Å². The van der Waals surface area contributed by atoms with Gasteiger partial charge in [-0.05, 0) is 17.7 Å². The summed E-state index contributed by atoms with van der Waals surface area (Å²) in [4.78, 5) is 2.25. The van der Waals surface area contributed by atoms with E-state index in [0.717, 1.165) is 13.1 Å². The lowest BCUT2D eigenvalue weighted by Crippen LogP contribution is -2.24. The van der Waals surface area contributed by atoms with Gasteiger partial charge in [-0.2, -0.15) is 0 Å². The molecule has 2 aromatic rings. The molecule has 0 spiro atoms. The van der Waals surface area contributed by atoms with Crippen molar-refractivity contribution < 1.29 is 4.42 Å². The third-order valence-corrected chi connectivity index (χ3v) is 3.10. The van der Waals surface area contributed by atoms with Gasteiger partial charge in [0.2, 0.25) is 0 Å². The summed E-state index contributed by atoms with van der Waals surface area (Å²) in [7, 11) is 2.11. The molecule has 0 saturated carbocycles. The van der Waals surface area contributed by atoms with Gasteiger partial charge in [-0.25, -0.2) is 0 Å². The number of nitrogens with one attached hydrogen (secondary N) is 1. The second-order valence-corrected chi connectivity index (χ2v) is 5.15. The summed E-state index contributed by atoms with van der Waals surface area (Å²) in [6, 6.07) is 11.0. The van der Waals surface area contributed by atoms with Crippen molar-refractivity contribution in [1.29, 1.82) is 0 Å². The van der Waals surface area contributed by atoms with Crippen LogP contribution in [0.4, 0.5) is 5.69 Å². The van der Waals surface area contributed by atoms with Gasteiger partial charge < -0.3 is 14.6 Å². The zero-order chi connectivity index (χ0) is 13.7. The number of rotatable bonds is 6. The molecule has 3 heteroatoms. The van der Waals surface area contributed by atoms with E-state index in [1.165, 1.54) is 16.8 Å². The van der Waals surface area contributed by atoms with E-state index in [1.807, 2.05) is 6.07 Å². The van der Waals surface area contributed by atoms with E-state index in [0.29, 0.717) is 6.04 Å². The van der Waals surface area contributed by atoms with Crippen LogP contribution in [0.5, 0.6) is 0 Å². The van der Waals surface area contributed by atoms with Gasteiger partial charge in [0.25, 0.3) is 0 Å². The molecule has 0 atom stereocenters. The fourth-order valence-corrected chi connectivity index (χ4v) is 2.09. The predicted molar refractivity (Wildman–Crippen MR) is 79.2 cm³/mol. The summed E-state index contributed by atoms with van der Waals surface area (Å²) in [5, 5.41) is 3.47. The highest BCUT2D eigenvalue weighted by Crippen LogP contribution is 2.21. The monoisotopic (exact) mass is 258 g/mol. The first kappa shape index (κ1) is 13.7. The summed E-state index contributed by atoms with van der Waals surface area (Å²) < 4.78 is 5.12. The summed E-state index contributed by atoms with van der Waals surface area (Å²) >= 11 is 0. The minimum absolute atomic E-state index is 0.493. The SMILES string of the molecule is CC(C)NCc1ccccc1N(C)Cc1ccoc1. The number of nitrogens with zero attached hydrogens (tertiary/aromatic N) is 1. The molecule has 3 nitrogen and oxygen atoms in total. The van der Waals surface area contributed by atoms with Gasteiger partial charge in [0.15, 0.2) is 0 Å². The zero-order valence-corrected chi connectivity index (χ0v) is 11.9. The highest BCUT2D eigenvalue weighted by atomic mass is 16.3. The summed E-state index contributed by atoms with van der Waals surface area (Å²) in [5.41, 5.74) is 3.77. The van der Waals surface area contributed by atoms with Crippen molar-refractivity contribution in [2.45, 2.75) is 33.0 Å². The fraction of sp³-hybridized carbons (Fsp3) is 0.375. The first-order chi connectivity index (χ1) is 9.16. The molecule has 0 bridgehead atoms. The third kappa shape index (κ3) is 3.86. The first-order valence-electron chi connectivity index (χ1n) is 6.70. The standard InChI is InChI=1S/C16H22N2O/c1-13(2)17-10-15-6-4-5-7-16(15)18(3)11-14-8-9-19-12-14/h4-9,12-13,17H,10-11H2,1-3H3. The Morgan fingerprint density at radius 1 is 1.21 bits per heavy atom. The Morgan fingerprint density at radius 3 is 2.68 bits per heavy atom. The lowest BCUT2D eigenvalue weighted by atomic mass is 10.1. The molecule has 0 aliphatic heterocycles. The predicted octanol–water partition coefficient (Wildman–Crippen LogP) is 3.41. The van der Waals surface area contributed by atoms with Crippen LogP contribution in [0.25, 0.3) is 0 Å². The van der Waals surface area contributed by atoms with Gasteiger partial charge in [-0.3, -0.25) is 0 Å². The average Bonchev–Trinajstić information content (AvgIpc) is 2.89. The molecule has 1 heterocycles. The summed E-state index contributed by atoms with van der Waals surface area (Å²) in [6.45, 7) is 6.08. The second kappa shape index (κ2) is 6.43. The molecule has 1 aromatic heterocycles. The van der Waals surface area contributed by atoms with Gasteiger partial charge in [0, 0.05) is 37.4 Å². The van der Waals surface area contributed by atoms with E-state index >= 15 is 0 Å². The van der Waals surface area contributed by atoms with Crippen molar-refractivity contribution in [1.82, 2.24) is 5.32 Å². The maximum absolute atomic E-state index is 5.12. The van der Waals surface area contributed by atoms with Crippen LogP contribution < -0.4 is 10.2 Å². The van der Waals surface area contributed by atoms with E-state index in [9.17, 15) is 0 Å². The fourth-order valence-electron chi connectivity index (χ4n) is 2.09. The number of anilines is 1. The Bertz CT molecular complexity index is 491. The van der Waals surface area contributed by atoms with Crippen LogP contribution in [0.1, 0.15) is 25.0 Å². The minimum atomic E-state index is 0.493. The molecule has 0 unspecified atom stereocenters. The van der Waals surface area contributed by atoms with Crippen LogP contribution in [0, 0.1) is 0 Å². The summed E-state index contributed by atoms with van der Waals surface area (Å²) in [6.07, 6.45) is 3.51. The average molecular weight is 258 g/mol. The Morgan fingerprint density at radius 2 is 2.00 bits per heavy atom. The van der Waals surface area contributed by atoms with E-state index < -0.39 is 0 Å². The molecule has 0 aliphatic carbocycles. The molecule has 102 valence electrons. The highest BCUT2D eigenvalue weighted by molar-refractivity contribution is 5.53. The maximum atomic E-state index is 5.12. The van der Waals surface area contributed by atoms with Gasteiger partial charge in [-0.15, -0.1) is 0 Å². The maximum Gasteiger partial charge on any atom is 0.0952 e. The molecular formula is C16H22N2O. The number of hydrogen-bond acceptors (Lipinski definition) is 3. The first-order valence-corrected chi connectivity index (χ1v) is 6.70. The van der Waals surface area contributed by atoms with E-state index in [-0.39, 0.29) is 0 Å². The lowest BCUT2D eigenvalue weighted by Gasteiger charge is -2.22. The number of para-hydroxylation sites is 1. The molecule has 0 saturated heterocycles. The normalized spacial score (nSPS) is 10.9. The van der Waals surface area contributed by atoms with Crippen molar-refractivity contribution in [3.05, 3.63) is 54.0 Å².